The fraction of sp³-hybridized carbons (Fsp3) is 0.158. The Morgan fingerprint density at radius 3 is 2.43 bits per heavy atom. The first-order valence-electron chi connectivity index (χ1n) is 8.39. The topological polar surface area (TPSA) is 103 Å². The molecule has 0 unspecified atom stereocenters. The number of halogens is 4. The molecule has 0 saturated heterocycles. The van der Waals surface area contributed by atoms with Crippen LogP contribution in [0.2, 0.25) is 10.0 Å². The molecule has 1 amide bonds. The van der Waals surface area contributed by atoms with Gasteiger partial charge in [-0.1, -0.05) is 35.3 Å². The highest BCUT2D eigenvalue weighted by Crippen LogP contribution is 2.27. The first-order chi connectivity index (χ1) is 13.4. The summed E-state index contributed by atoms with van der Waals surface area (Å²) in [6.07, 6.45) is 0. The zero-order valence-corrected chi connectivity index (χ0v) is 20.7. The number of nitrogens with two attached hydrogens (primary N) is 1. The molecule has 0 atom stereocenters. The summed E-state index contributed by atoms with van der Waals surface area (Å²) in [7, 11) is 0. The van der Waals surface area contributed by atoms with Crippen LogP contribution in [0.15, 0.2) is 42.5 Å². The van der Waals surface area contributed by atoms with E-state index in [0.717, 1.165) is 0 Å². The van der Waals surface area contributed by atoms with Gasteiger partial charge in [0.25, 0.3) is 0 Å². The van der Waals surface area contributed by atoms with Gasteiger partial charge in [0.1, 0.15) is 5.82 Å². The number of hydrogen-bond acceptors (Lipinski definition) is 5. The number of hydrogen-bond donors (Lipinski definition) is 2. The average molecular weight is 580 g/mol. The molecule has 0 aliphatic heterocycles. The number of carbonyl (C=O) groups excluding carboxylic acids is 2. The van der Waals surface area contributed by atoms with E-state index in [0.29, 0.717) is 38.5 Å². The molecule has 3 aromatic rings. The highest BCUT2D eigenvalue weighted by molar-refractivity contribution is 8.93. The van der Waals surface area contributed by atoms with Crippen LogP contribution in [0.3, 0.4) is 0 Å². The maximum absolute atomic E-state index is 13.2. The van der Waals surface area contributed by atoms with Gasteiger partial charge in [-0.25, -0.2) is 0 Å². The molecule has 30 heavy (non-hydrogen) atoms. The van der Waals surface area contributed by atoms with E-state index in [1.165, 1.54) is 0 Å². The van der Waals surface area contributed by atoms with Crippen LogP contribution in [-0.4, -0.2) is 33.0 Å². The SMILES string of the molecule is Br.Br.Cc1nnc(CNC(=O)CN)n1-c1ccc(Cl)cc1C(=O)c1ccccc1Cl. The number of aryl methyl sites for hydroxylation is 1. The van der Waals surface area contributed by atoms with Gasteiger partial charge in [-0.3, -0.25) is 14.2 Å². The van der Waals surface area contributed by atoms with Crippen molar-refractivity contribution in [2.24, 2.45) is 5.73 Å². The summed E-state index contributed by atoms with van der Waals surface area (Å²) in [5, 5.41) is 11.6. The van der Waals surface area contributed by atoms with Crippen LogP contribution in [-0.2, 0) is 11.3 Å². The predicted molar refractivity (Wildman–Crippen MR) is 128 cm³/mol. The third-order valence-corrected chi connectivity index (χ3v) is 4.65. The van der Waals surface area contributed by atoms with Gasteiger partial charge in [-0.2, -0.15) is 0 Å². The molecule has 2 aromatic carbocycles. The van der Waals surface area contributed by atoms with Crippen LogP contribution in [0.5, 0.6) is 0 Å². The summed E-state index contributed by atoms with van der Waals surface area (Å²) in [5.74, 6) is 0.395. The number of nitrogens with one attached hydrogen (secondary N) is 1. The minimum atomic E-state index is -0.323. The minimum Gasteiger partial charge on any atom is -0.348 e. The Labute approximate surface area is 204 Å². The highest BCUT2D eigenvalue weighted by Gasteiger charge is 2.21. The van der Waals surface area contributed by atoms with Crippen molar-refractivity contribution in [2.45, 2.75) is 13.5 Å². The largest absolute Gasteiger partial charge is 0.348 e. The van der Waals surface area contributed by atoms with Crippen LogP contribution in [0.4, 0.5) is 0 Å². The molecule has 3 N–H and O–H groups in total. The van der Waals surface area contributed by atoms with E-state index in [2.05, 4.69) is 15.5 Å². The lowest BCUT2D eigenvalue weighted by atomic mass is 10.0. The highest BCUT2D eigenvalue weighted by atomic mass is 79.9. The molecule has 0 fully saturated rings. The Hall–Kier alpha value is -1.78. The average Bonchev–Trinajstić information content (AvgIpc) is 3.06. The first kappa shape index (κ1) is 26.3. The van der Waals surface area contributed by atoms with Gasteiger partial charge in [0.2, 0.25) is 5.91 Å². The summed E-state index contributed by atoms with van der Waals surface area (Å²) < 4.78 is 1.69. The molecule has 0 radical (unpaired) electrons. The summed E-state index contributed by atoms with van der Waals surface area (Å²) in [5.41, 5.74) is 6.56. The van der Waals surface area contributed by atoms with Gasteiger partial charge in [0, 0.05) is 16.1 Å². The predicted octanol–water partition coefficient (Wildman–Crippen LogP) is 3.84. The standard InChI is InChI=1S/C19H17Cl2N5O2.2BrH/c1-11-24-25-17(10-23-18(27)9-22)26(11)16-7-6-12(20)8-14(16)19(28)13-4-2-3-5-15(13)21;;/h2-8H,9-10,22H2,1H3,(H,23,27);2*1H. The third-order valence-electron chi connectivity index (χ3n) is 4.08. The van der Waals surface area contributed by atoms with Crippen molar-refractivity contribution in [3.05, 3.63) is 75.3 Å². The minimum absolute atomic E-state index is 0. The molecule has 0 bridgehead atoms. The summed E-state index contributed by atoms with van der Waals surface area (Å²) in [6.45, 7) is 1.73. The lowest BCUT2D eigenvalue weighted by Gasteiger charge is -2.14. The first-order valence-corrected chi connectivity index (χ1v) is 9.14. The number of rotatable bonds is 6. The van der Waals surface area contributed by atoms with Gasteiger partial charge in [-0.05, 0) is 37.3 Å². The van der Waals surface area contributed by atoms with Crippen molar-refractivity contribution in [3.8, 4) is 5.69 Å². The van der Waals surface area contributed by atoms with Crippen molar-refractivity contribution in [3.63, 3.8) is 0 Å². The second-order valence-corrected chi connectivity index (χ2v) is 6.79. The van der Waals surface area contributed by atoms with Crippen molar-refractivity contribution in [1.82, 2.24) is 20.1 Å². The Balaban J connectivity index is 0.00000225. The van der Waals surface area contributed by atoms with E-state index < -0.39 is 0 Å². The van der Waals surface area contributed by atoms with E-state index in [4.69, 9.17) is 28.9 Å². The second-order valence-electron chi connectivity index (χ2n) is 5.95. The fourth-order valence-electron chi connectivity index (χ4n) is 2.76. The second kappa shape index (κ2) is 11.6. The van der Waals surface area contributed by atoms with Gasteiger partial charge in [0.15, 0.2) is 11.6 Å². The number of amides is 1. The van der Waals surface area contributed by atoms with E-state index in [1.54, 1.807) is 54.0 Å². The summed E-state index contributed by atoms with van der Waals surface area (Å²) in [4.78, 5) is 24.7. The Kier molecular flexibility index (Phi) is 10.1. The van der Waals surface area contributed by atoms with Gasteiger partial charge in [-0.15, -0.1) is 44.2 Å². The quantitative estimate of drug-likeness (QED) is 0.432. The van der Waals surface area contributed by atoms with Crippen LogP contribution in [0, 0.1) is 6.92 Å². The number of nitrogens with zero attached hydrogens (tertiary/aromatic N) is 3. The summed E-state index contributed by atoms with van der Waals surface area (Å²) >= 11 is 12.4. The normalized spacial score (nSPS) is 10.0. The molecular formula is C19H19Br2Cl2N5O2. The molecule has 7 nitrogen and oxygen atoms in total. The number of aromatic nitrogens is 3. The third kappa shape index (κ3) is 5.67. The van der Waals surface area contributed by atoms with Crippen LogP contribution >= 0.6 is 57.2 Å². The number of benzene rings is 2. The molecule has 1 heterocycles. The molecule has 11 heteroatoms. The lowest BCUT2D eigenvalue weighted by Crippen LogP contribution is -2.30. The molecule has 0 aliphatic carbocycles. The van der Waals surface area contributed by atoms with Crippen molar-refractivity contribution >= 4 is 68.9 Å². The smallest absolute Gasteiger partial charge is 0.234 e. The van der Waals surface area contributed by atoms with Crippen molar-refractivity contribution < 1.29 is 9.59 Å². The zero-order chi connectivity index (χ0) is 20.3. The van der Waals surface area contributed by atoms with Gasteiger partial charge < -0.3 is 11.1 Å². The molecule has 0 spiro atoms. The maximum atomic E-state index is 13.2. The van der Waals surface area contributed by atoms with Crippen molar-refractivity contribution in [2.75, 3.05) is 6.54 Å². The van der Waals surface area contributed by atoms with E-state index in [1.807, 2.05) is 0 Å². The van der Waals surface area contributed by atoms with Gasteiger partial charge >= 0.3 is 0 Å². The molecule has 160 valence electrons. The maximum Gasteiger partial charge on any atom is 0.234 e. The van der Waals surface area contributed by atoms with E-state index in [9.17, 15) is 9.59 Å². The molecule has 0 aliphatic rings. The summed E-state index contributed by atoms with van der Waals surface area (Å²) in [6, 6.07) is 11.7. The van der Waals surface area contributed by atoms with E-state index in [-0.39, 0.29) is 58.7 Å². The van der Waals surface area contributed by atoms with Gasteiger partial charge in [0.05, 0.1) is 23.8 Å². The Bertz CT molecular complexity index is 1060. The molecule has 0 saturated carbocycles. The molecular weight excluding hydrogens is 561 g/mol. The van der Waals surface area contributed by atoms with Crippen LogP contribution in [0.1, 0.15) is 27.6 Å². The fourth-order valence-corrected chi connectivity index (χ4v) is 3.15. The molecule has 3 rings (SSSR count). The van der Waals surface area contributed by atoms with Crippen LogP contribution < -0.4 is 11.1 Å². The molecule has 1 aromatic heterocycles. The number of ketones is 1. The number of carbonyl (C=O) groups is 2. The Morgan fingerprint density at radius 2 is 1.77 bits per heavy atom. The lowest BCUT2D eigenvalue weighted by molar-refractivity contribution is -0.119. The van der Waals surface area contributed by atoms with E-state index >= 15 is 0 Å². The zero-order valence-electron chi connectivity index (χ0n) is 15.8. The van der Waals surface area contributed by atoms with Crippen molar-refractivity contribution in [1.29, 1.82) is 0 Å². The van der Waals surface area contributed by atoms with Crippen LogP contribution in [0.25, 0.3) is 5.69 Å². The Morgan fingerprint density at radius 1 is 1.07 bits per heavy atom. The monoisotopic (exact) mass is 577 g/mol.